The minimum Gasteiger partial charge on any atom is -0.309 e. The van der Waals surface area contributed by atoms with Gasteiger partial charge in [-0.1, -0.05) is 127 Å². The lowest BCUT2D eigenvalue weighted by Crippen LogP contribution is -1.95. The van der Waals surface area contributed by atoms with Gasteiger partial charge in [0.25, 0.3) is 0 Å². The first kappa shape index (κ1) is 26.3. The molecule has 0 saturated heterocycles. The van der Waals surface area contributed by atoms with Gasteiger partial charge in [0.2, 0.25) is 0 Å². The lowest BCUT2D eigenvalue weighted by Gasteiger charge is -2.12. The van der Waals surface area contributed by atoms with Crippen molar-refractivity contribution < 1.29 is 0 Å². The van der Waals surface area contributed by atoms with E-state index in [9.17, 15) is 0 Å². The second-order valence-electron chi connectivity index (χ2n) is 12.1. The van der Waals surface area contributed by atoms with Crippen molar-refractivity contribution in [1.29, 1.82) is 0 Å². The molecule has 0 unspecified atom stereocenters. The normalized spacial score (nSPS) is 11.8. The van der Waals surface area contributed by atoms with E-state index in [0.717, 1.165) is 0 Å². The number of rotatable bonds is 4. The summed E-state index contributed by atoms with van der Waals surface area (Å²) in [5, 5.41) is 5.15. The quantitative estimate of drug-likeness (QED) is 0.186. The van der Waals surface area contributed by atoms with Gasteiger partial charge in [-0.25, -0.2) is 0 Å². The first-order valence-corrected chi connectivity index (χ1v) is 16.8. The SMILES string of the molecule is c1ccc(-n2c3ccccc3c3cccc(-c4ccc(-c5ccc6c(c5)sc5c7ccccc7n(-c7ccccc7)c65)cc4)c32)cc1. The molecule has 10 rings (SSSR count). The van der Waals surface area contributed by atoms with Gasteiger partial charge in [-0.2, -0.15) is 0 Å². The first-order chi connectivity index (χ1) is 23.3. The molecule has 3 heteroatoms. The molecule has 220 valence electrons. The van der Waals surface area contributed by atoms with Crippen LogP contribution in [0.5, 0.6) is 0 Å². The third-order valence-corrected chi connectivity index (χ3v) is 10.7. The van der Waals surface area contributed by atoms with Crippen LogP contribution in [0.1, 0.15) is 0 Å². The monoisotopic (exact) mass is 616 g/mol. The van der Waals surface area contributed by atoms with Crippen molar-refractivity contribution in [3.8, 4) is 33.6 Å². The van der Waals surface area contributed by atoms with Crippen molar-refractivity contribution in [3.63, 3.8) is 0 Å². The highest BCUT2D eigenvalue weighted by atomic mass is 32.1. The Balaban J connectivity index is 1.11. The van der Waals surface area contributed by atoms with Gasteiger partial charge in [-0.05, 0) is 59.2 Å². The largest absolute Gasteiger partial charge is 0.309 e. The Morgan fingerprint density at radius 2 is 0.915 bits per heavy atom. The molecule has 0 aliphatic rings. The van der Waals surface area contributed by atoms with E-state index < -0.39 is 0 Å². The van der Waals surface area contributed by atoms with Crippen molar-refractivity contribution in [3.05, 3.63) is 170 Å². The van der Waals surface area contributed by atoms with Gasteiger partial charge in [0.1, 0.15) is 0 Å². The second kappa shape index (κ2) is 10.3. The number of benzene rings is 7. The van der Waals surface area contributed by atoms with Gasteiger partial charge < -0.3 is 9.13 Å². The van der Waals surface area contributed by atoms with E-state index >= 15 is 0 Å². The summed E-state index contributed by atoms with van der Waals surface area (Å²) in [5.41, 5.74) is 12.3. The molecule has 0 aliphatic carbocycles. The van der Waals surface area contributed by atoms with Crippen molar-refractivity contribution in [2.24, 2.45) is 0 Å². The summed E-state index contributed by atoms with van der Waals surface area (Å²) in [6.07, 6.45) is 0. The summed E-state index contributed by atoms with van der Waals surface area (Å²) in [6, 6.07) is 61.7. The molecule has 0 fully saturated rings. The molecule has 0 aliphatic heterocycles. The number of para-hydroxylation sites is 5. The zero-order chi connectivity index (χ0) is 30.9. The third-order valence-electron chi connectivity index (χ3n) is 9.53. The van der Waals surface area contributed by atoms with E-state index in [0.29, 0.717) is 0 Å². The van der Waals surface area contributed by atoms with Crippen LogP contribution in [0.25, 0.3) is 86.6 Å². The molecule has 0 N–H and O–H groups in total. The van der Waals surface area contributed by atoms with Crippen molar-refractivity contribution >= 4 is 64.3 Å². The maximum atomic E-state index is 2.42. The Morgan fingerprint density at radius 3 is 1.64 bits per heavy atom. The van der Waals surface area contributed by atoms with Gasteiger partial charge >= 0.3 is 0 Å². The highest BCUT2D eigenvalue weighted by Gasteiger charge is 2.19. The zero-order valence-electron chi connectivity index (χ0n) is 25.5. The lowest BCUT2D eigenvalue weighted by atomic mass is 9.98. The summed E-state index contributed by atoms with van der Waals surface area (Å²) in [4.78, 5) is 0. The van der Waals surface area contributed by atoms with Crippen LogP contribution in [0.3, 0.4) is 0 Å². The maximum Gasteiger partial charge on any atom is 0.0727 e. The summed E-state index contributed by atoms with van der Waals surface area (Å²) in [5.74, 6) is 0. The molecule has 0 radical (unpaired) electrons. The average Bonchev–Trinajstić information content (AvgIpc) is 3.79. The van der Waals surface area contributed by atoms with E-state index in [1.54, 1.807) is 0 Å². The van der Waals surface area contributed by atoms with Crippen LogP contribution in [0.2, 0.25) is 0 Å². The summed E-state index contributed by atoms with van der Waals surface area (Å²) < 4.78 is 7.49. The summed E-state index contributed by atoms with van der Waals surface area (Å²) in [6.45, 7) is 0. The number of aromatic nitrogens is 2. The van der Waals surface area contributed by atoms with Crippen molar-refractivity contribution in [2.75, 3.05) is 0 Å². The van der Waals surface area contributed by atoms with Crippen LogP contribution < -0.4 is 0 Å². The Kier molecular flexibility index (Phi) is 5.78. The fraction of sp³-hybridized carbons (Fsp3) is 0. The fourth-order valence-corrected chi connectivity index (χ4v) is 8.69. The van der Waals surface area contributed by atoms with Crippen LogP contribution >= 0.6 is 11.3 Å². The Labute approximate surface area is 276 Å². The fourth-order valence-electron chi connectivity index (χ4n) is 7.43. The summed E-state index contributed by atoms with van der Waals surface area (Å²) in [7, 11) is 0. The number of hydrogen-bond acceptors (Lipinski definition) is 1. The van der Waals surface area contributed by atoms with Crippen LogP contribution in [-0.4, -0.2) is 9.13 Å². The summed E-state index contributed by atoms with van der Waals surface area (Å²) >= 11 is 1.89. The van der Waals surface area contributed by atoms with Gasteiger partial charge in [0.15, 0.2) is 0 Å². The van der Waals surface area contributed by atoms with Gasteiger partial charge in [0, 0.05) is 43.2 Å². The minimum absolute atomic E-state index is 1.17. The molecular formula is C44H28N2S. The molecule has 0 spiro atoms. The molecule has 47 heavy (non-hydrogen) atoms. The van der Waals surface area contributed by atoms with Crippen LogP contribution in [0.15, 0.2) is 170 Å². The Morgan fingerprint density at radius 1 is 0.362 bits per heavy atom. The number of hydrogen-bond donors (Lipinski definition) is 0. The predicted molar refractivity (Wildman–Crippen MR) is 201 cm³/mol. The van der Waals surface area contributed by atoms with E-state index in [4.69, 9.17) is 0 Å². The highest BCUT2D eigenvalue weighted by Crippen LogP contribution is 2.44. The molecule has 0 atom stereocenters. The number of fused-ring (bicyclic) bond motifs is 8. The third kappa shape index (κ3) is 3.97. The molecule has 0 bridgehead atoms. The molecule has 7 aromatic carbocycles. The molecule has 3 heterocycles. The number of thiophene rings is 1. The van der Waals surface area contributed by atoms with Crippen molar-refractivity contribution in [2.45, 2.75) is 0 Å². The smallest absolute Gasteiger partial charge is 0.0727 e. The Hall–Kier alpha value is -5.90. The highest BCUT2D eigenvalue weighted by molar-refractivity contribution is 7.26. The minimum atomic E-state index is 1.17. The Bertz CT molecular complexity index is 2760. The molecule has 0 amide bonds. The van der Waals surface area contributed by atoms with Gasteiger partial charge in [-0.3, -0.25) is 0 Å². The predicted octanol–water partition coefficient (Wildman–Crippen LogP) is 12.4. The zero-order valence-corrected chi connectivity index (χ0v) is 26.3. The van der Waals surface area contributed by atoms with Gasteiger partial charge in [0.05, 0.1) is 26.8 Å². The average molecular weight is 617 g/mol. The van der Waals surface area contributed by atoms with Gasteiger partial charge in [-0.15, -0.1) is 11.3 Å². The molecule has 0 saturated carbocycles. The molecule has 3 aromatic heterocycles. The topological polar surface area (TPSA) is 9.86 Å². The van der Waals surface area contributed by atoms with E-state index in [1.165, 1.54) is 86.6 Å². The van der Waals surface area contributed by atoms with Crippen LogP contribution in [0, 0.1) is 0 Å². The van der Waals surface area contributed by atoms with Crippen LogP contribution in [0.4, 0.5) is 0 Å². The molecule has 2 nitrogen and oxygen atoms in total. The lowest BCUT2D eigenvalue weighted by molar-refractivity contribution is 1.18. The van der Waals surface area contributed by atoms with Crippen LogP contribution in [-0.2, 0) is 0 Å². The second-order valence-corrected chi connectivity index (χ2v) is 13.2. The maximum absolute atomic E-state index is 2.42. The number of nitrogens with zero attached hydrogens (tertiary/aromatic N) is 2. The molecular weight excluding hydrogens is 589 g/mol. The van der Waals surface area contributed by atoms with E-state index in [-0.39, 0.29) is 0 Å². The standard InChI is InChI=1S/C44H28N2S/c1-3-12-32(13-4-1)45-39-20-9-7-16-35(39)36-19-11-18-34(42(36)45)30-24-22-29(23-25-30)31-26-27-38-41(28-31)47-44-37-17-8-10-21-40(37)46(43(38)44)33-14-5-2-6-15-33/h1-28H. The first-order valence-electron chi connectivity index (χ1n) is 16.0. The van der Waals surface area contributed by atoms with E-state index in [1.807, 2.05) is 11.3 Å². The van der Waals surface area contributed by atoms with E-state index in [2.05, 4.69) is 179 Å². The van der Waals surface area contributed by atoms with Crippen molar-refractivity contribution in [1.82, 2.24) is 9.13 Å². The molecule has 10 aromatic rings.